The summed E-state index contributed by atoms with van der Waals surface area (Å²) >= 11 is 0. The molecule has 3 rings (SSSR count). The first-order valence-corrected chi connectivity index (χ1v) is 9.40. The van der Waals surface area contributed by atoms with Gasteiger partial charge in [0.25, 0.3) is 0 Å². The van der Waals surface area contributed by atoms with Crippen LogP contribution in [0, 0.1) is 0 Å². The summed E-state index contributed by atoms with van der Waals surface area (Å²) in [6.45, 7) is 6.48. The van der Waals surface area contributed by atoms with E-state index in [0.717, 1.165) is 43.7 Å². The van der Waals surface area contributed by atoms with E-state index in [4.69, 9.17) is 4.42 Å². The zero-order chi connectivity index (χ0) is 18.2. The van der Waals surface area contributed by atoms with Crippen LogP contribution in [-0.4, -0.2) is 52.3 Å². The van der Waals surface area contributed by atoms with Crippen molar-refractivity contribution in [1.82, 2.24) is 30.3 Å². The molecule has 1 atom stereocenters. The molecule has 1 unspecified atom stereocenters. The molecule has 0 radical (unpaired) electrons. The Labute approximate surface area is 177 Å². The third kappa shape index (κ3) is 5.93. The molecule has 1 aliphatic heterocycles. The van der Waals surface area contributed by atoms with Crippen LogP contribution in [0.1, 0.15) is 43.8 Å². The Bertz CT molecular complexity index is 680. The maximum Gasteiger partial charge on any atom is 0.191 e. The molecular weight excluding hydrogens is 457 g/mol. The van der Waals surface area contributed by atoms with Crippen LogP contribution in [0.4, 0.5) is 0 Å². The van der Waals surface area contributed by atoms with Crippen molar-refractivity contribution in [2.45, 2.75) is 45.3 Å². The second-order valence-electron chi connectivity index (χ2n) is 6.47. The second kappa shape index (κ2) is 11.3. The van der Waals surface area contributed by atoms with E-state index in [1.165, 1.54) is 19.3 Å². The van der Waals surface area contributed by atoms with Crippen molar-refractivity contribution in [2.24, 2.45) is 4.99 Å². The first kappa shape index (κ1) is 21.7. The van der Waals surface area contributed by atoms with Gasteiger partial charge in [-0.2, -0.15) is 0 Å². The van der Waals surface area contributed by atoms with Gasteiger partial charge in [0.1, 0.15) is 12.1 Å². The van der Waals surface area contributed by atoms with Crippen molar-refractivity contribution in [3.05, 3.63) is 36.3 Å². The predicted octanol–water partition coefficient (Wildman–Crippen LogP) is 2.40. The highest BCUT2D eigenvalue weighted by molar-refractivity contribution is 14.0. The maximum absolute atomic E-state index is 5.70. The Hall–Kier alpha value is -1.62. The van der Waals surface area contributed by atoms with Crippen molar-refractivity contribution < 1.29 is 4.42 Å². The number of rotatable bonds is 7. The highest BCUT2D eigenvalue weighted by Crippen LogP contribution is 2.24. The first-order valence-electron chi connectivity index (χ1n) is 9.40. The summed E-state index contributed by atoms with van der Waals surface area (Å²) in [4.78, 5) is 6.83. The summed E-state index contributed by atoms with van der Waals surface area (Å²) in [5, 5.41) is 14.9. The Morgan fingerprint density at radius 1 is 1.30 bits per heavy atom. The molecule has 0 amide bonds. The molecule has 0 saturated carbocycles. The van der Waals surface area contributed by atoms with Crippen LogP contribution in [0.25, 0.3) is 0 Å². The molecule has 0 bridgehead atoms. The Morgan fingerprint density at radius 3 is 2.78 bits per heavy atom. The minimum Gasteiger partial charge on any atom is -0.468 e. The third-order valence-electron chi connectivity index (χ3n) is 4.84. The van der Waals surface area contributed by atoms with Gasteiger partial charge in [0, 0.05) is 20.1 Å². The van der Waals surface area contributed by atoms with Gasteiger partial charge in [0.15, 0.2) is 11.8 Å². The summed E-state index contributed by atoms with van der Waals surface area (Å²) in [5.74, 6) is 2.65. The summed E-state index contributed by atoms with van der Waals surface area (Å²) in [6.07, 6.45) is 7.30. The monoisotopic (exact) mass is 487 g/mol. The predicted molar refractivity (Wildman–Crippen MR) is 116 cm³/mol. The molecule has 2 aromatic rings. The number of nitrogens with one attached hydrogen (secondary N) is 2. The fraction of sp³-hybridized carbons (Fsp3) is 0.611. The van der Waals surface area contributed by atoms with Gasteiger partial charge in [-0.25, -0.2) is 0 Å². The van der Waals surface area contributed by atoms with Crippen molar-refractivity contribution in [2.75, 3.05) is 26.7 Å². The van der Waals surface area contributed by atoms with Gasteiger partial charge < -0.3 is 19.6 Å². The summed E-state index contributed by atoms with van der Waals surface area (Å²) in [7, 11) is 1.78. The van der Waals surface area contributed by atoms with Gasteiger partial charge in [-0.3, -0.25) is 9.89 Å². The lowest BCUT2D eigenvalue weighted by molar-refractivity contribution is 0.146. The average Bonchev–Trinajstić information content (AvgIpc) is 3.37. The van der Waals surface area contributed by atoms with Crippen LogP contribution in [0.2, 0.25) is 0 Å². The normalized spacial score (nSPS) is 16.6. The molecule has 1 aliphatic rings. The Kier molecular flexibility index (Phi) is 9.05. The van der Waals surface area contributed by atoms with E-state index in [2.05, 4.69) is 43.7 Å². The number of hydrogen-bond acceptors (Lipinski definition) is 5. The fourth-order valence-corrected chi connectivity index (χ4v) is 3.38. The number of aryl methyl sites for hydroxylation is 1. The lowest BCUT2D eigenvalue weighted by Gasteiger charge is -2.33. The zero-order valence-corrected chi connectivity index (χ0v) is 18.4. The van der Waals surface area contributed by atoms with Crippen molar-refractivity contribution in [3.8, 4) is 0 Å². The molecule has 150 valence electrons. The van der Waals surface area contributed by atoms with Crippen molar-refractivity contribution in [1.29, 1.82) is 0 Å². The highest BCUT2D eigenvalue weighted by atomic mass is 127. The summed E-state index contributed by atoms with van der Waals surface area (Å²) in [5.41, 5.74) is 0. The Morgan fingerprint density at radius 2 is 2.11 bits per heavy atom. The van der Waals surface area contributed by atoms with Crippen LogP contribution in [0.5, 0.6) is 0 Å². The standard InChI is InChI=1S/C18H29N7O.HI/c1-3-24-14-22-23-17(24)13-21-18(19-2)20-12-15(16-8-7-11-26-16)25-9-5-4-6-10-25;/h7-8,11,14-15H,3-6,9-10,12-13H2,1-2H3,(H2,19,20,21);1H. The molecule has 2 N–H and O–H groups in total. The minimum absolute atomic E-state index is 0. The molecular formula is C18H30IN7O. The van der Waals surface area contributed by atoms with Crippen LogP contribution in [-0.2, 0) is 13.1 Å². The molecule has 8 nitrogen and oxygen atoms in total. The van der Waals surface area contributed by atoms with Gasteiger partial charge in [-0.15, -0.1) is 34.2 Å². The number of aromatic nitrogens is 3. The summed E-state index contributed by atoms with van der Waals surface area (Å²) < 4.78 is 7.71. The number of furan rings is 1. The topological polar surface area (TPSA) is 83.5 Å². The van der Waals surface area contributed by atoms with Crippen molar-refractivity contribution >= 4 is 29.9 Å². The molecule has 0 aromatic carbocycles. The SMILES string of the molecule is CCn1cnnc1CNC(=NC)NCC(c1ccco1)N1CCCCC1.I. The quantitative estimate of drug-likeness (QED) is 0.355. The van der Waals surface area contributed by atoms with Gasteiger partial charge in [-0.1, -0.05) is 6.42 Å². The number of guanidine groups is 1. The smallest absolute Gasteiger partial charge is 0.191 e. The van der Waals surface area contributed by atoms with Crippen LogP contribution >= 0.6 is 24.0 Å². The largest absolute Gasteiger partial charge is 0.468 e. The van der Waals surface area contributed by atoms with E-state index in [1.54, 1.807) is 19.6 Å². The van der Waals surface area contributed by atoms with Crippen molar-refractivity contribution in [3.63, 3.8) is 0 Å². The lowest BCUT2D eigenvalue weighted by Crippen LogP contribution is -2.44. The molecule has 0 spiro atoms. The number of nitrogens with zero attached hydrogens (tertiary/aromatic N) is 5. The average molecular weight is 487 g/mol. The van der Waals surface area contributed by atoms with E-state index >= 15 is 0 Å². The maximum atomic E-state index is 5.70. The highest BCUT2D eigenvalue weighted by Gasteiger charge is 2.24. The fourth-order valence-electron chi connectivity index (χ4n) is 3.38. The number of halogens is 1. The molecule has 2 aromatic heterocycles. The van der Waals surface area contributed by atoms with Crippen LogP contribution < -0.4 is 10.6 Å². The molecule has 9 heteroatoms. The van der Waals surface area contributed by atoms with E-state index < -0.39 is 0 Å². The molecule has 1 fully saturated rings. The molecule has 27 heavy (non-hydrogen) atoms. The van der Waals surface area contributed by atoms with E-state index in [9.17, 15) is 0 Å². The molecule has 3 heterocycles. The molecule has 1 saturated heterocycles. The van der Waals surface area contributed by atoms with Crippen LogP contribution in [0.15, 0.2) is 34.1 Å². The number of likely N-dealkylation sites (tertiary alicyclic amines) is 1. The molecule has 0 aliphatic carbocycles. The van der Waals surface area contributed by atoms with Gasteiger partial charge in [0.05, 0.1) is 18.8 Å². The Balaban J connectivity index is 0.00000261. The summed E-state index contributed by atoms with van der Waals surface area (Å²) in [6, 6.07) is 4.22. The number of aliphatic imine (C=N–C) groups is 1. The van der Waals surface area contributed by atoms with E-state index in [-0.39, 0.29) is 30.0 Å². The second-order valence-corrected chi connectivity index (χ2v) is 6.47. The minimum atomic E-state index is 0. The van der Waals surface area contributed by atoms with Gasteiger partial charge >= 0.3 is 0 Å². The van der Waals surface area contributed by atoms with Crippen LogP contribution in [0.3, 0.4) is 0 Å². The third-order valence-corrected chi connectivity index (χ3v) is 4.84. The first-order chi connectivity index (χ1) is 12.8. The number of piperidine rings is 1. The van der Waals surface area contributed by atoms with Gasteiger partial charge in [-0.05, 0) is 45.0 Å². The lowest BCUT2D eigenvalue weighted by atomic mass is 10.1. The van der Waals surface area contributed by atoms with E-state index in [1.807, 2.05) is 10.6 Å². The number of hydrogen-bond donors (Lipinski definition) is 2. The van der Waals surface area contributed by atoms with E-state index in [0.29, 0.717) is 6.54 Å². The zero-order valence-electron chi connectivity index (χ0n) is 16.1. The van der Waals surface area contributed by atoms with Gasteiger partial charge in [0.2, 0.25) is 0 Å².